The lowest BCUT2D eigenvalue weighted by Crippen LogP contribution is -2.06. The molecule has 0 spiro atoms. The molecule has 142 valence electrons. The number of aliphatic carboxylic acids is 1. The molecule has 0 aromatic rings. The van der Waals surface area contributed by atoms with Crippen LogP contribution in [0.3, 0.4) is 0 Å². The minimum Gasteiger partial charge on any atom is -0.481 e. The second kappa shape index (κ2) is 13.9. The number of hydrogen-bond acceptors (Lipinski definition) is 2. The number of rotatable bonds is 15. The molecule has 1 aliphatic rings. The van der Waals surface area contributed by atoms with E-state index in [0.717, 1.165) is 25.7 Å². The second-order valence-electron chi connectivity index (χ2n) is 7.13. The van der Waals surface area contributed by atoms with Gasteiger partial charge < -0.3 is 10.2 Å². The molecule has 3 atom stereocenters. The molecule has 1 saturated carbocycles. The number of aliphatic hydroxyl groups excluding tert-OH is 1. The minimum absolute atomic E-state index is 0.231. The molecule has 2 N–H and O–H groups in total. The number of hydrogen-bond donors (Lipinski definition) is 2. The highest BCUT2D eigenvalue weighted by molar-refractivity contribution is 5.66. The molecule has 0 aliphatic heterocycles. The van der Waals surface area contributed by atoms with Crippen LogP contribution in [-0.4, -0.2) is 22.3 Å². The molecule has 0 radical (unpaired) electrons. The predicted octanol–water partition coefficient (Wildman–Crippen LogP) is 5.66. The van der Waals surface area contributed by atoms with Crippen molar-refractivity contribution in [2.75, 3.05) is 0 Å². The summed E-state index contributed by atoms with van der Waals surface area (Å²) in [7, 11) is 0. The Morgan fingerprint density at radius 1 is 1.04 bits per heavy atom. The van der Waals surface area contributed by atoms with Gasteiger partial charge in [0.2, 0.25) is 0 Å². The molecule has 1 aliphatic carbocycles. The van der Waals surface area contributed by atoms with E-state index in [1.54, 1.807) is 0 Å². The lowest BCUT2D eigenvalue weighted by atomic mass is 10.1. The molecule has 25 heavy (non-hydrogen) atoms. The highest BCUT2D eigenvalue weighted by Gasteiger charge is 2.40. The van der Waals surface area contributed by atoms with Gasteiger partial charge >= 0.3 is 5.97 Å². The molecular weight excluding hydrogens is 312 g/mol. The summed E-state index contributed by atoms with van der Waals surface area (Å²) in [4.78, 5) is 10.4. The third-order valence-corrected chi connectivity index (χ3v) is 4.78. The maximum absolute atomic E-state index is 10.4. The fraction of sp³-hybridized carbons (Fsp3) is 0.682. The Balaban J connectivity index is 2.03. The van der Waals surface area contributed by atoms with Crippen molar-refractivity contribution >= 4 is 5.97 Å². The molecule has 0 saturated heterocycles. The molecule has 0 amide bonds. The molecule has 0 aromatic heterocycles. The highest BCUT2D eigenvalue weighted by Crippen LogP contribution is 2.44. The van der Waals surface area contributed by atoms with Gasteiger partial charge in [0.25, 0.3) is 0 Å². The number of allylic oxidation sites excluding steroid dienone is 5. The second-order valence-corrected chi connectivity index (χ2v) is 7.13. The average molecular weight is 349 g/mol. The topological polar surface area (TPSA) is 57.5 Å². The Morgan fingerprint density at radius 3 is 2.56 bits per heavy atom. The van der Waals surface area contributed by atoms with Crippen LogP contribution < -0.4 is 0 Å². The van der Waals surface area contributed by atoms with Crippen molar-refractivity contribution in [3.05, 3.63) is 36.5 Å². The van der Waals surface area contributed by atoms with E-state index >= 15 is 0 Å². The molecule has 0 heterocycles. The van der Waals surface area contributed by atoms with Gasteiger partial charge in [0.1, 0.15) is 0 Å². The fourth-order valence-electron chi connectivity index (χ4n) is 3.06. The number of unbranched alkanes of at least 4 members (excludes halogenated alkanes) is 5. The van der Waals surface area contributed by atoms with Gasteiger partial charge in [0.05, 0.1) is 6.10 Å². The summed E-state index contributed by atoms with van der Waals surface area (Å²) in [5.74, 6) is 0.348. The summed E-state index contributed by atoms with van der Waals surface area (Å²) in [6.45, 7) is 2.24. The Hall–Kier alpha value is -1.35. The zero-order chi connectivity index (χ0) is 18.3. The summed E-state index contributed by atoms with van der Waals surface area (Å²) in [6.07, 6.45) is 23.5. The van der Waals surface area contributed by atoms with Crippen molar-refractivity contribution in [3.8, 4) is 0 Å². The van der Waals surface area contributed by atoms with E-state index in [0.29, 0.717) is 18.3 Å². The van der Waals surface area contributed by atoms with Crippen molar-refractivity contribution in [1.82, 2.24) is 0 Å². The molecule has 0 aromatic carbocycles. The van der Waals surface area contributed by atoms with Gasteiger partial charge in [0.15, 0.2) is 0 Å². The van der Waals surface area contributed by atoms with Gasteiger partial charge in [-0.2, -0.15) is 0 Å². The first-order valence-corrected chi connectivity index (χ1v) is 10.0. The minimum atomic E-state index is -0.734. The fourth-order valence-corrected chi connectivity index (χ4v) is 3.06. The normalized spacial score (nSPS) is 21.5. The Kier molecular flexibility index (Phi) is 12.0. The van der Waals surface area contributed by atoms with Crippen LogP contribution in [0, 0.1) is 11.8 Å². The van der Waals surface area contributed by atoms with Gasteiger partial charge in [-0.05, 0) is 56.8 Å². The van der Waals surface area contributed by atoms with Gasteiger partial charge in [-0.25, -0.2) is 0 Å². The van der Waals surface area contributed by atoms with Crippen LogP contribution >= 0.6 is 0 Å². The summed E-state index contributed by atoms with van der Waals surface area (Å²) in [5, 5.41) is 18.7. The summed E-state index contributed by atoms with van der Waals surface area (Å²) < 4.78 is 0. The van der Waals surface area contributed by atoms with E-state index in [2.05, 4.69) is 19.1 Å². The van der Waals surface area contributed by atoms with Crippen molar-refractivity contribution in [2.24, 2.45) is 11.8 Å². The van der Waals surface area contributed by atoms with E-state index < -0.39 is 5.97 Å². The molecule has 1 rings (SSSR count). The van der Waals surface area contributed by atoms with Crippen molar-refractivity contribution in [3.63, 3.8) is 0 Å². The zero-order valence-corrected chi connectivity index (χ0v) is 15.8. The van der Waals surface area contributed by atoms with Gasteiger partial charge in [-0.1, -0.05) is 62.6 Å². The zero-order valence-electron chi connectivity index (χ0n) is 15.8. The van der Waals surface area contributed by atoms with E-state index in [9.17, 15) is 9.90 Å². The third-order valence-electron chi connectivity index (χ3n) is 4.78. The first-order valence-electron chi connectivity index (χ1n) is 10.0. The molecule has 0 bridgehead atoms. The van der Waals surface area contributed by atoms with E-state index in [1.165, 1.54) is 32.1 Å². The van der Waals surface area contributed by atoms with Gasteiger partial charge in [-0.3, -0.25) is 4.79 Å². The van der Waals surface area contributed by atoms with Gasteiger partial charge in [-0.15, -0.1) is 0 Å². The van der Waals surface area contributed by atoms with Crippen molar-refractivity contribution in [2.45, 2.75) is 83.7 Å². The molecule has 3 nitrogen and oxygen atoms in total. The quantitative estimate of drug-likeness (QED) is 0.297. The van der Waals surface area contributed by atoms with Gasteiger partial charge in [0, 0.05) is 6.42 Å². The first kappa shape index (κ1) is 21.7. The van der Waals surface area contributed by atoms with Crippen LogP contribution in [0.25, 0.3) is 0 Å². The maximum Gasteiger partial charge on any atom is 0.303 e. The van der Waals surface area contributed by atoms with E-state index in [1.807, 2.05) is 24.3 Å². The summed E-state index contributed by atoms with van der Waals surface area (Å²) >= 11 is 0. The molecule has 3 heteroatoms. The van der Waals surface area contributed by atoms with Crippen LogP contribution in [-0.2, 0) is 4.79 Å². The van der Waals surface area contributed by atoms with E-state index in [-0.39, 0.29) is 12.5 Å². The monoisotopic (exact) mass is 348 g/mol. The standard InChI is InChI=1S/C22H36O3/c1-2-3-4-5-6-9-12-15-19-18-20(19)21(23)16-13-10-7-8-11-14-17-22(24)25/h7-9,12-13,16,19-21,23H,2-6,10-11,14-15,17-18H2,1H3,(H,24,25)/b8-7-,12-9-,16-13-/t19-,20-,21+/m0/s1. The Bertz CT molecular complexity index is 437. The van der Waals surface area contributed by atoms with Crippen LogP contribution in [0.5, 0.6) is 0 Å². The summed E-state index contributed by atoms with van der Waals surface area (Å²) in [5.41, 5.74) is 0. The van der Waals surface area contributed by atoms with Crippen molar-refractivity contribution in [1.29, 1.82) is 0 Å². The first-order chi connectivity index (χ1) is 12.1. The summed E-state index contributed by atoms with van der Waals surface area (Å²) in [6, 6.07) is 0. The lowest BCUT2D eigenvalue weighted by Gasteiger charge is -2.03. The number of carboxylic acid groups (broad SMARTS) is 1. The number of carbonyl (C=O) groups is 1. The van der Waals surface area contributed by atoms with Crippen LogP contribution in [0.15, 0.2) is 36.5 Å². The van der Waals surface area contributed by atoms with Crippen LogP contribution in [0.1, 0.15) is 77.6 Å². The van der Waals surface area contributed by atoms with Crippen LogP contribution in [0.4, 0.5) is 0 Å². The Morgan fingerprint density at radius 2 is 1.80 bits per heavy atom. The van der Waals surface area contributed by atoms with Crippen molar-refractivity contribution < 1.29 is 15.0 Å². The van der Waals surface area contributed by atoms with E-state index in [4.69, 9.17) is 5.11 Å². The molecule has 1 fully saturated rings. The molecular formula is C22H36O3. The predicted molar refractivity (Wildman–Crippen MR) is 105 cm³/mol. The SMILES string of the molecule is CCCCCC/C=C\C[C@H]1C[C@@H]1[C@H](O)/C=C\C/C=C\CCCC(=O)O. The largest absolute Gasteiger partial charge is 0.481 e. The lowest BCUT2D eigenvalue weighted by molar-refractivity contribution is -0.137. The molecule has 0 unspecified atom stereocenters. The number of carboxylic acids is 1. The Labute approximate surface area is 153 Å². The average Bonchev–Trinajstić information content (AvgIpc) is 3.35. The highest BCUT2D eigenvalue weighted by atomic mass is 16.4. The number of aliphatic hydroxyl groups is 1. The smallest absolute Gasteiger partial charge is 0.303 e. The third kappa shape index (κ3) is 11.8. The van der Waals surface area contributed by atoms with Crippen LogP contribution in [0.2, 0.25) is 0 Å². The maximum atomic E-state index is 10.4.